The molecular weight excluding hydrogens is 581 g/mol. The standard InChI is InChI=1S/C33H48FN5O6/c1-21(2)35-33(43)38(6)19-30-22(3)18-39(23(4)20-40)31(41)28-17-27(37-32(42)36-26-12-10-25(34)11-13-26)14-15-29(28)45-24(5)9-7-8-16-44-30/h10-15,17,21-24,30,40H,7-9,16,18-20H2,1-6H3,(H,35,43)(H2,36,37,42)/t22-,23+,24-,30+/m1/s1. The minimum atomic E-state index is -0.566. The van der Waals surface area contributed by atoms with Crippen LogP contribution in [-0.4, -0.2) is 90.5 Å². The molecule has 4 atom stereocenters. The lowest BCUT2D eigenvalue weighted by molar-refractivity contribution is -0.0122. The Labute approximate surface area is 265 Å². The molecule has 4 N–H and O–H groups in total. The number of nitrogens with one attached hydrogen (secondary N) is 3. The van der Waals surface area contributed by atoms with Crippen molar-refractivity contribution in [3.8, 4) is 5.75 Å². The third-order valence-electron chi connectivity index (χ3n) is 7.62. The van der Waals surface area contributed by atoms with Crippen molar-refractivity contribution >= 4 is 29.3 Å². The highest BCUT2D eigenvalue weighted by atomic mass is 19.1. The van der Waals surface area contributed by atoms with E-state index in [1.54, 1.807) is 42.0 Å². The summed E-state index contributed by atoms with van der Waals surface area (Å²) in [7, 11) is 1.72. The SMILES string of the molecule is CC(C)NC(=O)N(C)C[C@@H]1OCCCC[C@@H](C)Oc2ccc(NC(=O)Nc3ccc(F)cc3)cc2C(=O)N([C@@H](C)CO)C[C@H]1C. The first-order chi connectivity index (χ1) is 21.4. The van der Waals surface area contributed by atoms with Gasteiger partial charge in [-0.05, 0) is 89.4 Å². The Morgan fingerprint density at radius 3 is 2.40 bits per heavy atom. The molecule has 0 aliphatic carbocycles. The third kappa shape index (κ3) is 10.9. The molecule has 0 unspecified atom stereocenters. The average molecular weight is 630 g/mol. The fourth-order valence-electron chi connectivity index (χ4n) is 5.00. The van der Waals surface area contributed by atoms with Crippen LogP contribution >= 0.6 is 0 Å². The maximum atomic E-state index is 14.2. The Morgan fingerprint density at radius 1 is 1.07 bits per heavy atom. The van der Waals surface area contributed by atoms with Gasteiger partial charge in [0.05, 0.1) is 30.4 Å². The molecule has 5 amide bonds. The molecule has 0 spiro atoms. The smallest absolute Gasteiger partial charge is 0.323 e. The van der Waals surface area contributed by atoms with E-state index >= 15 is 0 Å². The van der Waals surface area contributed by atoms with E-state index in [0.717, 1.165) is 19.3 Å². The van der Waals surface area contributed by atoms with E-state index in [2.05, 4.69) is 16.0 Å². The molecule has 1 heterocycles. The number of anilines is 2. The number of carbonyl (C=O) groups excluding carboxylic acids is 3. The Morgan fingerprint density at radius 2 is 1.73 bits per heavy atom. The number of urea groups is 2. The summed E-state index contributed by atoms with van der Waals surface area (Å²) in [5.74, 6) is -0.631. The zero-order valence-corrected chi connectivity index (χ0v) is 27.1. The molecule has 3 rings (SSSR count). The van der Waals surface area contributed by atoms with Crippen LogP contribution in [0.4, 0.5) is 25.4 Å². The van der Waals surface area contributed by atoms with Crippen LogP contribution in [0, 0.1) is 11.7 Å². The van der Waals surface area contributed by atoms with Crippen LogP contribution in [0.1, 0.15) is 64.2 Å². The quantitative estimate of drug-likeness (QED) is 0.328. The number of likely N-dealkylation sites (N-methyl/N-ethyl adjacent to an activating group) is 1. The Bertz CT molecular complexity index is 1280. The van der Waals surface area contributed by atoms with E-state index in [9.17, 15) is 23.9 Å². The number of benzene rings is 2. The number of carbonyl (C=O) groups is 3. The van der Waals surface area contributed by atoms with Gasteiger partial charge in [-0.2, -0.15) is 0 Å². The van der Waals surface area contributed by atoms with Crippen LogP contribution in [0.2, 0.25) is 0 Å². The number of fused-ring (bicyclic) bond motifs is 1. The van der Waals surface area contributed by atoms with Crippen LogP contribution in [0.3, 0.4) is 0 Å². The molecule has 1 aliphatic rings. The molecule has 11 nitrogen and oxygen atoms in total. The summed E-state index contributed by atoms with van der Waals surface area (Å²) in [6.07, 6.45) is 1.79. The molecule has 1 aliphatic heterocycles. The van der Waals surface area contributed by atoms with E-state index in [1.165, 1.54) is 24.3 Å². The maximum Gasteiger partial charge on any atom is 0.323 e. The second kappa shape index (κ2) is 17.0. The molecular formula is C33H48FN5O6. The fourth-order valence-corrected chi connectivity index (χ4v) is 5.00. The molecule has 12 heteroatoms. The van der Waals surface area contributed by atoms with Crippen molar-refractivity contribution in [2.75, 3.05) is 44.0 Å². The van der Waals surface area contributed by atoms with E-state index < -0.39 is 17.9 Å². The molecule has 0 aromatic heterocycles. The number of nitrogens with zero attached hydrogens (tertiary/aromatic N) is 2. The zero-order chi connectivity index (χ0) is 33.1. The molecule has 2 aromatic rings. The second-order valence-corrected chi connectivity index (χ2v) is 12.1. The lowest BCUT2D eigenvalue weighted by Gasteiger charge is -2.36. The highest BCUT2D eigenvalue weighted by Crippen LogP contribution is 2.28. The summed E-state index contributed by atoms with van der Waals surface area (Å²) in [6.45, 7) is 10.2. The first-order valence-electron chi connectivity index (χ1n) is 15.6. The zero-order valence-electron chi connectivity index (χ0n) is 27.1. The van der Waals surface area contributed by atoms with Gasteiger partial charge in [-0.25, -0.2) is 14.0 Å². The van der Waals surface area contributed by atoms with Crippen molar-refractivity contribution in [2.45, 2.75) is 78.2 Å². The summed E-state index contributed by atoms with van der Waals surface area (Å²) in [5, 5.41) is 18.4. The first-order valence-corrected chi connectivity index (χ1v) is 15.6. The first kappa shape index (κ1) is 35.6. The van der Waals surface area contributed by atoms with Crippen molar-refractivity contribution < 1.29 is 33.4 Å². The van der Waals surface area contributed by atoms with E-state index in [4.69, 9.17) is 9.47 Å². The predicted molar refractivity (Wildman–Crippen MR) is 172 cm³/mol. The number of hydrogen-bond acceptors (Lipinski definition) is 6. The van der Waals surface area contributed by atoms with Crippen LogP contribution in [-0.2, 0) is 4.74 Å². The Balaban J connectivity index is 1.91. The van der Waals surface area contributed by atoms with Crippen LogP contribution in [0.5, 0.6) is 5.75 Å². The number of amides is 5. The number of hydrogen-bond donors (Lipinski definition) is 4. The maximum absolute atomic E-state index is 14.2. The summed E-state index contributed by atoms with van der Waals surface area (Å²) in [6, 6.07) is 8.89. The predicted octanol–water partition coefficient (Wildman–Crippen LogP) is 5.32. The van der Waals surface area contributed by atoms with Crippen LogP contribution < -0.4 is 20.7 Å². The van der Waals surface area contributed by atoms with E-state index in [-0.39, 0.29) is 54.8 Å². The van der Waals surface area contributed by atoms with Crippen molar-refractivity contribution in [1.82, 2.24) is 15.1 Å². The minimum Gasteiger partial charge on any atom is -0.490 e. The second-order valence-electron chi connectivity index (χ2n) is 12.1. The van der Waals surface area contributed by atoms with Gasteiger partial charge in [-0.3, -0.25) is 4.79 Å². The summed E-state index contributed by atoms with van der Waals surface area (Å²) in [4.78, 5) is 42.8. The minimum absolute atomic E-state index is 0.0153. The third-order valence-corrected chi connectivity index (χ3v) is 7.62. The van der Waals surface area contributed by atoms with Gasteiger partial charge in [0.2, 0.25) is 0 Å². The molecule has 0 radical (unpaired) electrons. The Hall–Kier alpha value is -3.90. The van der Waals surface area contributed by atoms with Crippen molar-refractivity contribution in [3.05, 3.63) is 53.8 Å². The van der Waals surface area contributed by atoms with Crippen molar-refractivity contribution in [2.24, 2.45) is 5.92 Å². The van der Waals surface area contributed by atoms with Gasteiger partial charge in [-0.15, -0.1) is 0 Å². The van der Waals surface area contributed by atoms with Gasteiger partial charge in [0.15, 0.2) is 0 Å². The van der Waals surface area contributed by atoms with E-state index in [1.807, 2.05) is 27.7 Å². The average Bonchev–Trinajstić information content (AvgIpc) is 2.99. The largest absolute Gasteiger partial charge is 0.490 e. The van der Waals surface area contributed by atoms with Gasteiger partial charge in [0, 0.05) is 50.1 Å². The lowest BCUT2D eigenvalue weighted by atomic mass is 10.0. The summed E-state index contributed by atoms with van der Waals surface area (Å²) < 4.78 is 25.8. The number of halogens is 1. The lowest BCUT2D eigenvalue weighted by Crippen LogP contribution is -2.49. The topological polar surface area (TPSA) is 132 Å². The van der Waals surface area contributed by atoms with E-state index in [0.29, 0.717) is 30.3 Å². The Kier molecular flexibility index (Phi) is 13.4. The highest BCUT2D eigenvalue weighted by Gasteiger charge is 2.31. The van der Waals surface area contributed by atoms with Gasteiger partial charge < -0.3 is 40.3 Å². The molecule has 0 bridgehead atoms. The monoisotopic (exact) mass is 629 g/mol. The fraction of sp³-hybridized carbons (Fsp3) is 0.545. The normalized spacial score (nSPS) is 20.3. The highest BCUT2D eigenvalue weighted by molar-refractivity contribution is 6.02. The van der Waals surface area contributed by atoms with Gasteiger partial charge >= 0.3 is 12.1 Å². The number of rotatable bonds is 7. The number of aliphatic hydroxyl groups is 1. The number of ether oxygens (including phenoxy) is 2. The molecule has 0 saturated carbocycles. The summed E-state index contributed by atoms with van der Waals surface area (Å²) in [5.41, 5.74) is 0.987. The summed E-state index contributed by atoms with van der Waals surface area (Å²) >= 11 is 0. The molecule has 0 fully saturated rings. The van der Waals surface area contributed by atoms with Crippen molar-refractivity contribution in [3.63, 3.8) is 0 Å². The van der Waals surface area contributed by atoms with Gasteiger partial charge in [-0.1, -0.05) is 6.92 Å². The molecule has 45 heavy (non-hydrogen) atoms. The van der Waals surface area contributed by atoms with Crippen LogP contribution in [0.25, 0.3) is 0 Å². The van der Waals surface area contributed by atoms with Gasteiger partial charge in [0.25, 0.3) is 5.91 Å². The molecule has 0 saturated heterocycles. The molecule has 2 aromatic carbocycles. The molecule has 248 valence electrons. The van der Waals surface area contributed by atoms with Gasteiger partial charge in [0.1, 0.15) is 11.6 Å². The number of aliphatic hydroxyl groups excluding tert-OH is 1. The van der Waals surface area contributed by atoms with Crippen LogP contribution in [0.15, 0.2) is 42.5 Å². The van der Waals surface area contributed by atoms with Crippen molar-refractivity contribution in [1.29, 1.82) is 0 Å².